The van der Waals surface area contributed by atoms with E-state index in [0.717, 1.165) is 19.0 Å². The van der Waals surface area contributed by atoms with Crippen LogP contribution in [0, 0.1) is 17.7 Å². The number of rotatable bonds is 3. The Bertz CT molecular complexity index is 1140. The summed E-state index contributed by atoms with van der Waals surface area (Å²) >= 11 is 0. The van der Waals surface area contributed by atoms with Gasteiger partial charge >= 0.3 is 0 Å². The van der Waals surface area contributed by atoms with E-state index in [4.69, 9.17) is 10.5 Å². The minimum Gasteiger partial charge on any atom is -0.496 e. The van der Waals surface area contributed by atoms with Crippen LogP contribution in [0.25, 0.3) is 16.7 Å². The van der Waals surface area contributed by atoms with Crippen molar-refractivity contribution in [2.24, 2.45) is 0 Å². The van der Waals surface area contributed by atoms with Gasteiger partial charge in [0.2, 0.25) is 5.95 Å². The Labute approximate surface area is 167 Å². The first-order chi connectivity index (χ1) is 13.9. The molecule has 1 saturated carbocycles. The molecule has 0 radical (unpaired) electrons. The van der Waals surface area contributed by atoms with Crippen LogP contribution in [0.2, 0.25) is 0 Å². The maximum absolute atomic E-state index is 14.4. The van der Waals surface area contributed by atoms with E-state index >= 15 is 0 Å². The standard InChI is InChI=1S/C21H21FN4O3/c1-29-17-9-13(4-7-21(28)5-2-3-6-21)8-16-18(17)14(12-27)11-26(16)19-15(22)10-24-20(23)25-19/h8-11,27-28H,2-3,5-6,12H2,1H3,(H2,23,24,25). The topological polar surface area (TPSA) is 106 Å². The van der Waals surface area contributed by atoms with Crippen LogP contribution in [0.3, 0.4) is 0 Å². The average molecular weight is 396 g/mol. The first-order valence-corrected chi connectivity index (χ1v) is 9.31. The third-order valence-corrected chi connectivity index (χ3v) is 5.18. The smallest absolute Gasteiger partial charge is 0.222 e. The maximum atomic E-state index is 14.4. The van der Waals surface area contributed by atoms with Crippen LogP contribution >= 0.6 is 0 Å². The number of hydrogen-bond acceptors (Lipinski definition) is 6. The zero-order valence-corrected chi connectivity index (χ0v) is 15.9. The third kappa shape index (κ3) is 3.50. The molecular weight excluding hydrogens is 375 g/mol. The number of fused-ring (bicyclic) bond motifs is 1. The summed E-state index contributed by atoms with van der Waals surface area (Å²) in [7, 11) is 1.51. The van der Waals surface area contributed by atoms with E-state index in [1.54, 1.807) is 18.3 Å². The van der Waals surface area contributed by atoms with Crippen LogP contribution < -0.4 is 10.5 Å². The summed E-state index contributed by atoms with van der Waals surface area (Å²) in [6.45, 7) is -0.271. The van der Waals surface area contributed by atoms with Crippen molar-refractivity contribution in [1.29, 1.82) is 0 Å². The fourth-order valence-corrected chi connectivity index (χ4v) is 3.75. The largest absolute Gasteiger partial charge is 0.496 e. The van der Waals surface area contributed by atoms with Gasteiger partial charge < -0.3 is 20.7 Å². The van der Waals surface area contributed by atoms with Gasteiger partial charge in [-0.05, 0) is 37.8 Å². The van der Waals surface area contributed by atoms with E-state index in [9.17, 15) is 14.6 Å². The van der Waals surface area contributed by atoms with Crippen molar-refractivity contribution >= 4 is 16.9 Å². The van der Waals surface area contributed by atoms with Crippen molar-refractivity contribution in [2.45, 2.75) is 37.9 Å². The van der Waals surface area contributed by atoms with Crippen LogP contribution in [0.5, 0.6) is 5.75 Å². The summed E-state index contributed by atoms with van der Waals surface area (Å²) in [6.07, 6.45) is 5.78. The molecule has 2 aromatic heterocycles. The quantitative estimate of drug-likeness (QED) is 0.587. The number of methoxy groups -OCH3 is 1. The predicted molar refractivity (Wildman–Crippen MR) is 106 cm³/mol. The highest BCUT2D eigenvalue weighted by atomic mass is 19.1. The number of anilines is 1. The number of halogens is 1. The zero-order chi connectivity index (χ0) is 20.6. The normalized spacial score (nSPS) is 15.3. The number of aromatic nitrogens is 3. The molecule has 1 fully saturated rings. The minimum atomic E-state index is -0.979. The van der Waals surface area contributed by atoms with Crippen molar-refractivity contribution in [1.82, 2.24) is 14.5 Å². The molecule has 0 bridgehead atoms. The lowest BCUT2D eigenvalue weighted by atomic mass is 10.0. The molecule has 0 amide bonds. The van der Waals surface area contributed by atoms with Crippen molar-refractivity contribution in [3.8, 4) is 23.4 Å². The van der Waals surface area contributed by atoms with Gasteiger partial charge in [0.1, 0.15) is 11.4 Å². The van der Waals surface area contributed by atoms with Gasteiger partial charge in [0, 0.05) is 22.7 Å². The summed E-state index contributed by atoms with van der Waals surface area (Å²) in [5, 5.41) is 20.9. The molecule has 1 aliphatic carbocycles. The predicted octanol–water partition coefficient (Wildman–Crippen LogP) is 2.30. The fourth-order valence-electron chi connectivity index (χ4n) is 3.75. The van der Waals surface area contributed by atoms with Gasteiger partial charge in [-0.2, -0.15) is 4.98 Å². The van der Waals surface area contributed by atoms with Gasteiger partial charge in [-0.15, -0.1) is 0 Å². The molecular formula is C21H21FN4O3. The monoisotopic (exact) mass is 396 g/mol. The molecule has 2 heterocycles. The highest BCUT2D eigenvalue weighted by Crippen LogP contribution is 2.34. The average Bonchev–Trinajstić information content (AvgIpc) is 3.32. The number of nitrogen functional groups attached to an aromatic ring is 1. The molecule has 150 valence electrons. The summed E-state index contributed by atoms with van der Waals surface area (Å²) in [6, 6.07) is 3.49. The SMILES string of the molecule is COc1cc(C#CC2(O)CCCC2)cc2c1c(CO)cn2-c1nc(N)ncc1F. The van der Waals surface area contributed by atoms with Gasteiger partial charge in [0.25, 0.3) is 0 Å². The van der Waals surface area contributed by atoms with E-state index < -0.39 is 11.4 Å². The van der Waals surface area contributed by atoms with Gasteiger partial charge in [-0.25, -0.2) is 9.37 Å². The molecule has 0 unspecified atom stereocenters. The Morgan fingerprint density at radius 1 is 1.34 bits per heavy atom. The lowest BCUT2D eigenvalue weighted by Gasteiger charge is -2.13. The van der Waals surface area contributed by atoms with Gasteiger partial charge in [0.15, 0.2) is 11.6 Å². The summed E-state index contributed by atoms with van der Waals surface area (Å²) in [5.41, 5.74) is 6.35. The van der Waals surface area contributed by atoms with E-state index in [1.807, 2.05) is 0 Å². The Kier molecular flexibility index (Phi) is 4.86. The van der Waals surface area contributed by atoms with Crippen molar-refractivity contribution < 1.29 is 19.3 Å². The van der Waals surface area contributed by atoms with Gasteiger partial charge in [-0.3, -0.25) is 4.57 Å². The van der Waals surface area contributed by atoms with Crippen molar-refractivity contribution in [3.63, 3.8) is 0 Å². The molecule has 8 heteroatoms. The molecule has 29 heavy (non-hydrogen) atoms. The van der Waals surface area contributed by atoms with E-state index in [1.165, 1.54) is 11.7 Å². The lowest BCUT2D eigenvalue weighted by Crippen LogP contribution is -2.20. The number of ether oxygens (including phenoxy) is 1. The van der Waals surface area contributed by atoms with E-state index in [2.05, 4.69) is 21.8 Å². The fraction of sp³-hybridized carbons (Fsp3) is 0.333. The molecule has 1 aliphatic rings. The molecule has 0 atom stereocenters. The number of nitrogens with two attached hydrogens (primary N) is 1. The summed E-state index contributed by atoms with van der Waals surface area (Å²) in [4.78, 5) is 7.66. The number of hydrogen-bond donors (Lipinski definition) is 3. The second kappa shape index (κ2) is 7.35. The van der Waals surface area contributed by atoms with Crippen molar-refractivity contribution in [2.75, 3.05) is 12.8 Å². The molecule has 0 spiro atoms. The highest BCUT2D eigenvalue weighted by molar-refractivity contribution is 5.92. The number of nitrogens with zero attached hydrogens (tertiary/aromatic N) is 3. The van der Waals surface area contributed by atoms with Gasteiger partial charge in [-0.1, -0.05) is 11.8 Å². The third-order valence-electron chi connectivity index (χ3n) is 5.18. The molecule has 0 aliphatic heterocycles. The molecule has 1 aromatic carbocycles. The second-order valence-electron chi connectivity index (χ2n) is 7.14. The molecule has 4 rings (SSSR count). The highest BCUT2D eigenvalue weighted by Gasteiger charge is 2.28. The molecule has 7 nitrogen and oxygen atoms in total. The van der Waals surface area contributed by atoms with E-state index in [0.29, 0.717) is 40.6 Å². The summed E-state index contributed by atoms with van der Waals surface area (Å²) < 4.78 is 21.4. The Morgan fingerprint density at radius 2 is 2.10 bits per heavy atom. The number of aliphatic hydroxyl groups is 2. The van der Waals surface area contributed by atoms with Crippen LogP contribution in [0.15, 0.2) is 24.5 Å². The Hall–Kier alpha value is -3.15. The Morgan fingerprint density at radius 3 is 2.79 bits per heavy atom. The second-order valence-corrected chi connectivity index (χ2v) is 7.14. The van der Waals surface area contributed by atoms with E-state index in [-0.39, 0.29) is 18.4 Å². The first kappa shape index (κ1) is 19.2. The van der Waals surface area contributed by atoms with Crippen LogP contribution in [0.1, 0.15) is 36.8 Å². The van der Waals surface area contributed by atoms with Crippen LogP contribution in [-0.2, 0) is 6.61 Å². The maximum Gasteiger partial charge on any atom is 0.222 e. The number of aliphatic hydroxyl groups excluding tert-OH is 1. The molecule has 4 N–H and O–H groups in total. The minimum absolute atomic E-state index is 0.0382. The molecule has 0 saturated heterocycles. The lowest BCUT2D eigenvalue weighted by molar-refractivity contribution is 0.110. The van der Waals surface area contributed by atoms with Crippen LogP contribution in [0.4, 0.5) is 10.3 Å². The molecule has 3 aromatic rings. The summed E-state index contributed by atoms with van der Waals surface area (Å²) in [5.74, 6) is 5.70. The first-order valence-electron chi connectivity index (χ1n) is 9.31. The van der Waals surface area contributed by atoms with Crippen molar-refractivity contribution in [3.05, 3.63) is 41.5 Å². The Balaban J connectivity index is 1.93. The van der Waals surface area contributed by atoms with Gasteiger partial charge in [0.05, 0.1) is 25.4 Å². The number of benzene rings is 1. The zero-order valence-electron chi connectivity index (χ0n) is 15.9. The van der Waals surface area contributed by atoms with Crippen LogP contribution in [-0.4, -0.2) is 37.5 Å².